The minimum Gasteiger partial charge on any atom is -0.389 e. The topological polar surface area (TPSA) is 114 Å². The normalized spacial score (nSPS) is 16.2. The molecule has 4 rings (SSSR count). The average molecular weight is 497 g/mol. The summed E-state index contributed by atoms with van der Waals surface area (Å²) in [6.45, 7) is 6.80. The standard InChI is InChI=1S/C24H25ClN6O2S/c1-14-9-17(11-19(25)28-14)21-20(16-6-4-5-15(10-16)12-26)29-22(34-21)30-23(32)31-8-7-27-18(13-31)24(2,3)33/h4-6,9-11,18,27,33H,7-8,13H2,1-3H3,(H,29,30,32). The van der Waals surface area contributed by atoms with Crippen molar-refractivity contribution in [3.8, 4) is 27.8 Å². The zero-order valence-electron chi connectivity index (χ0n) is 19.1. The molecule has 0 bridgehead atoms. The molecule has 176 valence electrons. The third kappa shape index (κ3) is 5.37. The largest absolute Gasteiger partial charge is 0.389 e. The Morgan fingerprint density at radius 1 is 1.32 bits per heavy atom. The first-order chi connectivity index (χ1) is 16.1. The fourth-order valence-electron chi connectivity index (χ4n) is 3.84. The Labute approximate surface area is 207 Å². The van der Waals surface area contributed by atoms with Crippen LogP contribution in [0.1, 0.15) is 25.1 Å². The van der Waals surface area contributed by atoms with Crippen LogP contribution in [0.3, 0.4) is 0 Å². The summed E-state index contributed by atoms with van der Waals surface area (Å²) in [6, 6.07) is 12.5. The number of nitrogens with one attached hydrogen (secondary N) is 2. The van der Waals surface area contributed by atoms with E-state index >= 15 is 0 Å². The molecule has 10 heteroatoms. The van der Waals surface area contributed by atoms with Gasteiger partial charge in [0, 0.05) is 30.9 Å². The quantitative estimate of drug-likeness (QED) is 0.464. The van der Waals surface area contributed by atoms with Crippen molar-refractivity contribution in [3.05, 3.63) is 52.8 Å². The van der Waals surface area contributed by atoms with Gasteiger partial charge in [0.15, 0.2) is 5.13 Å². The molecule has 3 heterocycles. The lowest BCUT2D eigenvalue weighted by molar-refractivity contribution is 0.0174. The minimum absolute atomic E-state index is 0.231. The highest BCUT2D eigenvalue weighted by Gasteiger charge is 2.33. The lowest BCUT2D eigenvalue weighted by Crippen LogP contribution is -2.60. The number of carbonyl (C=O) groups is 1. The molecule has 0 aliphatic carbocycles. The van der Waals surface area contributed by atoms with Crippen molar-refractivity contribution < 1.29 is 9.90 Å². The number of nitriles is 1. The van der Waals surface area contributed by atoms with Crippen LogP contribution in [0.15, 0.2) is 36.4 Å². The van der Waals surface area contributed by atoms with Crippen molar-refractivity contribution in [2.24, 2.45) is 0 Å². The molecule has 1 unspecified atom stereocenters. The van der Waals surface area contributed by atoms with E-state index in [-0.39, 0.29) is 12.1 Å². The Bertz CT molecular complexity index is 1240. The zero-order valence-corrected chi connectivity index (χ0v) is 20.7. The maximum atomic E-state index is 13.0. The van der Waals surface area contributed by atoms with Gasteiger partial charge in [-0.3, -0.25) is 5.32 Å². The number of thiazole rings is 1. The van der Waals surface area contributed by atoms with Crippen LogP contribution >= 0.6 is 22.9 Å². The van der Waals surface area contributed by atoms with Crippen LogP contribution in [0.5, 0.6) is 0 Å². The van der Waals surface area contributed by atoms with Gasteiger partial charge in [-0.25, -0.2) is 14.8 Å². The summed E-state index contributed by atoms with van der Waals surface area (Å²) < 4.78 is 0. The van der Waals surface area contributed by atoms with Gasteiger partial charge in [-0.1, -0.05) is 35.1 Å². The first-order valence-corrected chi connectivity index (χ1v) is 12.0. The number of aromatic nitrogens is 2. The first-order valence-electron chi connectivity index (χ1n) is 10.8. The second-order valence-corrected chi connectivity index (χ2v) is 10.1. The van der Waals surface area contributed by atoms with Crippen LogP contribution in [0.25, 0.3) is 21.7 Å². The Morgan fingerprint density at radius 2 is 2.12 bits per heavy atom. The molecule has 1 aliphatic heterocycles. The Hall–Kier alpha value is -3.03. The van der Waals surface area contributed by atoms with Crippen molar-refractivity contribution in [3.63, 3.8) is 0 Å². The molecular formula is C24H25ClN6O2S. The second-order valence-electron chi connectivity index (χ2n) is 8.75. The molecule has 1 aliphatic rings. The zero-order chi connectivity index (χ0) is 24.5. The van der Waals surface area contributed by atoms with Gasteiger partial charge in [0.1, 0.15) is 5.15 Å². The van der Waals surface area contributed by atoms with E-state index in [1.807, 2.05) is 19.1 Å². The molecule has 2 aromatic heterocycles. The van der Waals surface area contributed by atoms with Gasteiger partial charge in [0.2, 0.25) is 0 Å². The lowest BCUT2D eigenvalue weighted by atomic mass is 9.97. The fourth-order valence-corrected chi connectivity index (χ4v) is 5.05. The van der Waals surface area contributed by atoms with Gasteiger partial charge in [-0.15, -0.1) is 0 Å². The summed E-state index contributed by atoms with van der Waals surface area (Å²) in [7, 11) is 0. The monoisotopic (exact) mass is 496 g/mol. The van der Waals surface area contributed by atoms with Crippen LogP contribution in [0, 0.1) is 18.3 Å². The van der Waals surface area contributed by atoms with Crippen molar-refractivity contribution in [2.75, 3.05) is 25.0 Å². The number of amides is 2. The molecule has 1 aromatic carbocycles. The van der Waals surface area contributed by atoms with Gasteiger partial charge in [-0.2, -0.15) is 5.26 Å². The second kappa shape index (κ2) is 9.68. The SMILES string of the molecule is Cc1cc(-c2sc(NC(=O)N3CCNC(C(C)(C)O)C3)nc2-c2cccc(C#N)c2)cc(Cl)n1. The summed E-state index contributed by atoms with van der Waals surface area (Å²) in [5.74, 6) is 0. The predicted octanol–water partition coefficient (Wildman–Crippen LogP) is 4.28. The maximum Gasteiger partial charge on any atom is 0.323 e. The molecular weight excluding hydrogens is 472 g/mol. The number of hydrogen-bond donors (Lipinski definition) is 3. The smallest absolute Gasteiger partial charge is 0.323 e. The van der Waals surface area contributed by atoms with Crippen molar-refractivity contribution in [1.82, 2.24) is 20.2 Å². The van der Waals surface area contributed by atoms with E-state index in [0.29, 0.717) is 41.2 Å². The molecule has 2 amide bonds. The number of anilines is 1. The number of aliphatic hydroxyl groups is 1. The third-order valence-corrected chi connectivity index (χ3v) is 6.82. The summed E-state index contributed by atoms with van der Waals surface area (Å²) >= 11 is 7.55. The molecule has 34 heavy (non-hydrogen) atoms. The number of urea groups is 1. The van der Waals surface area contributed by atoms with Crippen LogP contribution in [0.2, 0.25) is 5.15 Å². The van der Waals surface area contributed by atoms with E-state index in [1.54, 1.807) is 43.0 Å². The number of carbonyl (C=O) groups excluding carboxylic acids is 1. The van der Waals surface area contributed by atoms with Crippen molar-refractivity contribution in [1.29, 1.82) is 5.26 Å². The van der Waals surface area contributed by atoms with Gasteiger partial charge in [0.05, 0.1) is 33.8 Å². The number of halogens is 1. The molecule has 0 radical (unpaired) electrons. The molecule has 0 spiro atoms. The Kier molecular flexibility index (Phi) is 6.86. The highest BCUT2D eigenvalue weighted by molar-refractivity contribution is 7.19. The number of piperazine rings is 1. The maximum absolute atomic E-state index is 13.0. The van der Waals surface area contributed by atoms with E-state index in [1.165, 1.54) is 11.3 Å². The van der Waals surface area contributed by atoms with Gasteiger partial charge in [0.25, 0.3) is 0 Å². The van der Waals surface area contributed by atoms with Crippen molar-refractivity contribution in [2.45, 2.75) is 32.4 Å². The summed E-state index contributed by atoms with van der Waals surface area (Å²) in [4.78, 5) is 24.5. The number of pyridine rings is 1. The predicted molar refractivity (Wildman–Crippen MR) is 134 cm³/mol. The third-order valence-electron chi connectivity index (χ3n) is 5.61. The van der Waals surface area contributed by atoms with E-state index in [9.17, 15) is 15.2 Å². The number of hydrogen-bond acceptors (Lipinski definition) is 7. The van der Waals surface area contributed by atoms with Crippen molar-refractivity contribution >= 4 is 34.1 Å². The van der Waals surface area contributed by atoms with Gasteiger partial charge in [-0.05, 0) is 50.6 Å². The van der Waals surface area contributed by atoms with E-state index < -0.39 is 5.60 Å². The number of rotatable bonds is 4. The minimum atomic E-state index is -0.954. The molecule has 1 atom stereocenters. The fraction of sp³-hybridized carbons (Fsp3) is 0.333. The van der Waals surface area contributed by atoms with Gasteiger partial charge < -0.3 is 15.3 Å². The molecule has 0 saturated carbocycles. The van der Waals surface area contributed by atoms with Crippen LogP contribution in [-0.4, -0.2) is 57.3 Å². The van der Waals surface area contributed by atoms with Crippen LogP contribution in [-0.2, 0) is 0 Å². The number of aryl methyl sites for hydroxylation is 1. The first kappa shape index (κ1) is 24.1. The molecule has 1 fully saturated rings. The number of nitrogens with zero attached hydrogens (tertiary/aromatic N) is 4. The average Bonchev–Trinajstić information content (AvgIpc) is 3.22. The Morgan fingerprint density at radius 3 is 2.82 bits per heavy atom. The number of benzene rings is 1. The van der Waals surface area contributed by atoms with Crippen LogP contribution in [0.4, 0.5) is 9.93 Å². The summed E-state index contributed by atoms with van der Waals surface area (Å²) in [6.07, 6.45) is 0. The summed E-state index contributed by atoms with van der Waals surface area (Å²) in [5, 5.41) is 26.6. The summed E-state index contributed by atoms with van der Waals surface area (Å²) in [5.41, 5.74) is 2.57. The van der Waals surface area contributed by atoms with E-state index in [2.05, 4.69) is 21.7 Å². The Balaban J connectivity index is 1.68. The van der Waals surface area contributed by atoms with E-state index in [0.717, 1.165) is 21.7 Å². The van der Waals surface area contributed by atoms with Crippen LogP contribution < -0.4 is 10.6 Å². The molecule has 3 N–H and O–H groups in total. The van der Waals surface area contributed by atoms with E-state index in [4.69, 9.17) is 16.6 Å². The molecule has 1 saturated heterocycles. The molecule has 3 aromatic rings. The highest BCUT2D eigenvalue weighted by Crippen LogP contribution is 2.40. The van der Waals surface area contributed by atoms with Gasteiger partial charge >= 0.3 is 6.03 Å². The highest BCUT2D eigenvalue weighted by atomic mass is 35.5. The molecule has 8 nitrogen and oxygen atoms in total. The lowest BCUT2D eigenvalue weighted by Gasteiger charge is -2.39.